The maximum atomic E-state index is 12.6. The highest BCUT2D eigenvalue weighted by atomic mass is 16.1. The van der Waals surface area contributed by atoms with Gasteiger partial charge in [-0.05, 0) is 29.7 Å². The number of aryl methyl sites for hydroxylation is 1. The molecule has 0 aliphatic heterocycles. The number of carbonyl (C=O) groups is 1. The molecular weight excluding hydrogens is 322 g/mol. The van der Waals surface area contributed by atoms with E-state index in [0.717, 1.165) is 29.9 Å². The molecule has 4 heteroatoms. The molecule has 0 saturated carbocycles. The smallest absolute Gasteiger partial charge is 0.257 e. The minimum atomic E-state index is -0.145. The van der Waals surface area contributed by atoms with Crippen LogP contribution in [0.1, 0.15) is 28.4 Å². The van der Waals surface area contributed by atoms with E-state index in [1.165, 1.54) is 5.56 Å². The van der Waals surface area contributed by atoms with Gasteiger partial charge in [-0.25, -0.2) is 0 Å². The van der Waals surface area contributed by atoms with Gasteiger partial charge in [0.05, 0.1) is 17.4 Å². The Labute approximate surface area is 154 Å². The Morgan fingerprint density at radius 2 is 1.77 bits per heavy atom. The van der Waals surface area contributed by atoms with Crippen molar-refractivity contribution in [1.29, 1.82) is 0 Å². The molecule has 1 amide bonds. The van der Waals surface area contributed by atoms with Crippen LogP contribution in [-0.2, 0) is 13.0 Å². The molecule has 26 heavy (non-hydrogen) atoms. The molecule has 0 bridgehead atoms. The van der Waals surface area contributed by atoms with Gasteiger partial charge in [0, 0.05) is 25.5 Å². The van der Waals surface area contributed by atoms with E-state index in [9.17, 15) is 4.79 Å². The molecule has 0 spiro atoms. The van der Waals surface area contributed by atoms with E-state index in [1.54, 1.807) is 12.4 Å². The summed E-state index contributed by atoms with van der Waals surface area (Å²) < 4.78 is 0. The van der Waals surface area contributed by atoms with Crippen LogP contribution in [0.25, 0.3) is 0 Å². The van der Waals surface area contributed by atoms with Crippen LogP contribution in [0.5, 0.6) is 0 Å². The normalized spacial score (nSPS) is 10.4. The first-order chi connectivity index (χ1) is 12.7. The van der Waals surface area contributed by atoms with Gasteiger partial charge in [-0.2, -0.15) is 0 Å². The second kappa shape index (κ2) is 8.30. The van der Waals surface area contributed by atoms with Gasteiger partial charge >= 0.3 is 0 Å². The monoisotopic (exact) mass is 345 g/mol. The summed E-state index contributed by atoms with van der Waals surface area (Å²) >= 11 is 0. The number of nitrogens with zero attached hydrogens (tertiary/aromatic N) is 2. The Bertz CT molecular complexity index is 877. The van der Waals surface area contributed by atoms with E-state index in [1.807, 2.05) is 55.6 Å². The SMILES string of the molecule is CCc1ccccc1NC(=O)c1cncc(N(C)Cc2ccccc2)c1. The molecule has 2 aromatic carbocycles. The lowest BCUT2D eigenvalue weighted by Crippen LogP contribution is -2.18. The number of rotatable bonds is 6. The highest BCUT2D eigenvalue weighted by molar-refractivity contribution is 6.04. The molecule has 4 nitrogen and oxygen atoms in total. The lowest BCUT2D eigenvalue weighted by Gasteiger charge is -2.19. The summed E-state index contributed by atoms with van der Waals surface area (Å²) in [5.74, 6) is -0.145. The molecule has 1 heterocycles. The van der Waals surface area contributed by atoms with E-state index < -0.39 is 0 Å². The van der Waals surface area contributed by atoms with Gasteiger partial charge in [0.1, 0.15) is 0 Å². The van der Waals surface area contributed by atoms with Crippen molar-refractivity contribution in [2.75, 3.05) is 17.3 Å². The standard InChI is InChI=1S/C22H23N3O/c1-3-18-11-7-8-12-21(18)24-22(26)19-13-20(15-23-14-19)25(2)16-17-9-5-4-6-10-17/h4-15H,3,16H2,1-2H3,(H,24,26). The lowest BCUT2D eigenvalue weighted by atomic mass is 10.1. The summed E-state index contributed by atoms with van der Waals surface area (Å²) in [6, 6.07) is 20.0. The molecule has 0 radical (unpaired) electrons. The van der Waals surface area contributed by atoms with E-state index in [2.05, 4.69) is 34.3 Å². The van der Waals surface area contributed by atoms with Crippen LogP contribution < -0.4 is 10.2 Å². The summed E-state index contributed by atoms with van der Waals surface area (Å²) in [4.78, 5) is 19.0. The fourth-order valence-electron chi connectivity index (χ4n) is 2.85. The molecule has 3 rings (SSSR count). The van der Waals surface area contributed by atoms with Crippen LogP contribution in [0.3, 0.4) is 0 Å². The zero-order chi connectivity index (χ0) is 18.4. The fraction of sp³-hybridized carbons (Fsp3) is 0.182. The maximum Gasteiger partial charge on any atom is 0.257 e. The third-order valence-electron chi connectivity index (χ3n) is 4.34. The summed E-state index contributed by atoms with van der Waals surface area (Å²) in [6.07, 6.45) is 4.25. The van der Waals surface area contributed by atoms with Gasteiger partial charge in [-0.15, -0.1) is 0 Å². The summed E-state index contributed by atoms with van der Waals surface area (Å²) in [5, 5.41) is 3.00. The van der Waals surface area contributed by atoms with Crippen molar-refractivity contribution in [3.63, 3.8) is 0 Å². The van der Waals surface area contributed by atoms with E-state index in [-0.39, 0.29) is 5.91 Å². The summed E-state index contributed by atoms with van der Waals surface area (Å²) in [7, 11) is 2.00. The third-order valence-corrected chi connectivity index (χ3v) is 4.34. The first-order valence-electron chi connectivity index (χ1n) is 8.76. The predicted molar refractivity (Wildman–Crippen MR) is 107 cm³/mol. The topological polar surface area (TPSA) is 45.2 Å². The molecule has 3 aromatic rings. The minimum absolute atomic E-state index is 0.145. The van der Waals surface area contributed by atoms with Crippen molar-refractivity contribution < 1.29 is 4.79 Å². The van der Waals surface area contributed by atoms with Crippen LogP contribution in [0.2, 0.25) is 0 Å². The zero-order valence-corrected chi connectivity index (χ0v) is 15.1. The maximum absolute atomic E-state index is 12.6. The first-order valence-corrected chi connectivity index (χ1v) is 8.76. The Balaban J connectivity index is 1.75. The number of aromatic nitrogens is 1. The average molecular weight is 345 g/mol. The molecule has 0 fully saturated rings. The number of anilines is 2. The lowest BCUT2D eigenvalue weighted by molar-refractivity contribution is 0.102. The number of hydrogen-bond acceptors (Lipinski definition) is 3. The molecule has 132 valence electrons. The predicted octanol–water partition coefficient (Wildman–Crippen LogP) is 4.53. The summed E-state index contributed by atoms with van der Waals surface area (Å²) in [6.45, 7) is 2.83. The molecule has 1 aromatic heterocycles. The van der Waals surface area contributed by atoms with Gasteiger partial charge in [-0.3, -0.25) is 9.78 Å². The number of pyridine rings is 1. The van der Waals surface area contributed by atoms with Crippen molar-refractivity contribution >= 4 is 17.3 Å². The van der Waals surface area contributed by atoms with Crippen molar-refractivity contribution in [3.05, 3.63) is 89.7 Å². The van der Waals surface area contributed by atoms with Crippen molar-refractivity contribution in [2.24, 2.45) is 0 Å². The zero-order valence-electron chi connectivity index (χ0n) is 15.1. The van der Waals surface area contributed by atoms with Gasteiger partial charge in [-0.1, -0.05) is 55.5 Å². The molecular formula is C22H23N3O. The largest absolute Gasteiger partial charge is 0.369 e. The number of benzene rings is 2. The van der Waals surface area contributed by atoms with Crippen molar-refractivity contribution in [1.82, 2.24) is 4.98 Å². The highest BCUT2D eigenvalue weighted by Crippen LogP contribution is 2.19. The molecule has 0 aliphatic rings. The molecule has 0 atom stereocenters. The molecule has 1 N–H and O–H groups in total. The van der Waals surface area contributed by atoms with Gasteiger partial charge in [0.15, 0.2) is 0 Å². The molecule has 0 unspecified atom stereocenters. The van der Waals surface area contributed by atoms with Crippen LogP contribution in [0.4, 0.5) is 11.4 Å². The Morgan fingerprint density at radius 1 is 1.04 bits per heavy atom. The van der Waals surface area contributed by atoms with Gasteiger partial charge < -0.3 is 10.2 Å². The first kappa shape index (κ1) is 17.7. The second-order valence-electron chi connectivity index (χ2n) is 6.24. The average Bonchev–Trinajstić information content (AvgIpc) is 2.69. The van der Waals surface area contributed by atoms with Crippen LogP contribution >= 0.6 is 0 Å². The number of carbonyl (C=O) groups excluding carboxylic acids is 1. The number of amides is 1. The van der Waals surface area contributed by atoms with Crippen molar-refractivity contribution in [3.8, 4) is 0 Å². The second-order valence-corrected chi connectivity index (χ2v) is 6.24. The minimum Gasteiger partial charge on any atom is -0.369 e. The van der Waals surface area contributed by atoms with Gasteiger partial charge in [0.2, 0.25) is 0 Å². The van der Waals surface area contributed by atoms with Crippen LogP contribution in [-0.4, -0.2) is 17.9 Å². The van der Waals surface area contributed by atoms with Crippen LogP contribution in [0, 0.1) is 0 Å². The third kappa shape index (κ3) is 4.28. The quantitative estimate of drug-likeness (QED) is 0.714. The number of nitrogens with one attached hydrogen (secondary N) is 1. The van der Waals surface area contributed by atoms with E-state index in [4.69, 9.17) is 0 Å². The molecule has 0 saturated heterocycles. The Hall–Kier alpha value is -3.14. The fourth-order valence-corrected chi connectivity index (χ4v) is 2.85. The van der Waals surface area contributed by atoms with Crippen LogP contribution in [0.15, 0.2) is 73.1 Å². The Kier molecular flexibility index (Phi) is 5.64. The Morgan fingerprint density at radius 3 is 2.54 bits per heavy atom. The van der Waals surface area contributed by atoms with E-state index in [0.29, 0.717) is 5.56 Å². The van der Waals surface area contributed by atoms with Gasteiger partial charge in [0.25, 0.3) is 5.91 Å². The summed E-state index contributed by atoms with van der Waals surface area (Å²) in [5.41, 5.74) is 4.63. The van der Waals surface area contributed by atoms with Crippen molar-refractivity contribution in [2.45, 2.75) is 19.9 Å². The number of para-hydroxylation sites is 1. The highest BCUT2D eigenvalue weighted by Gasteiger charge is 2.11. The van der Waals surface area contributed by atoms with E-state index >= 15 is 0 Å². The molecule has 0 aliphatic carbocycles. The number of hydrogen-bond donors (Lipinski definition) is 1.